The molecule has 0 N–H and O–H groups in total. The van der Waals surface area contributed by atoms with Crippen molar-refractivity contribution in [1.82, 2.24) is 0 Å². The van der Waals surface area contributed by atoms with Gasteiger partial charge in [-0.15, -0.1) is 0 Å². The van der Waals surface area contributed by atoms with Crippen LogP contribution in [0, 0.1) is 27.4 Å². The number of nitro benzene ring substituents is 1. The van der Waals surface area contributed by atoms with Gasteiger partial charge in [-0.3, -0.25) is 10.1 Å². The van der Waals surface area contributed by atoms with Crippen LogP contribution in [-0.4, -0.2) is 11.5 Å². The number of allylic oxidation sites excluding steroid dienone is 4. The zero-order chi connectivity index (χ0) is 17.2. The van der Waals surface area contributed by atoms with Crippen molar-refractivity contribution >= 4 is 5.69 Å². The summed E-state index contributed by atoms with van der Waals surface area (Å²) in [5, 5.41) is 20.0. The van der Waals surface area contributed by atoms with Crippen molar-refractivity contribution in [1.29, 1.82) is 5.26 Å². The Kier molecular flexibility index (Phi) is 7.28. The summed E-state index contributed by atoms with van der Waals surface area (Å²) < 4.78 is 5.64. The van der Waals surface area contributed by atoms with E-state index in [4.69, 9.17) is 10.00 Å². The fourth-order valence-electron chi connectivity index (χ4n) is 1.89. The zero-order valence-electron chi connectivity index (χ0n) is 13.4. The number of hydrogen-bond acceptors (Lipinski definition) is 4. The predicted molar refractivity (Wildman–Crippen MR) is 90.2 cm³/mol. The minimum Gasteiger partial charge on any atom is -0.482 e. The number of nitriles is 1. The van der Waals surface area contributed by atoms with Crippen LogP contribution in [0.4, 0.5) is 5.69 Å². The Bertz CT molecular complexity index is 669. The first kappa shape index (κ1) is 18.2. The van der Waals surface area contributed by atoms with E-state index >= 15 is 0 Å². The van der Waals surface area contributed by atoms with Crippen LogP contribution < -0.4 is 4.74 Å². The number of ether oxygens (including phenoxy) is 1. The first-order valence-corrected chi connectivity index (χ1v) is 7.33. The van der Waals surface area contributed by atoms with Crippen LogP contribution in [0.5, 0.6) is 5.75 Å². The van der Waals surface area contributed by atoms with Gasteiger partial charge in [0.05, 0.1) is 16.6 Å². The maximum Gasteiger partial charge on any atom is 0.311 e. The molecular formula is C18H20N2O3. The van der Waals surface area contributed by atoms with Crippen LogP contribution >= 0.6 is 0 Å². The third kappa shape index (κ3) is 5.44. The first-order valence-electron chi connectivity index (χ1n) is 7.33. The molecule has 23 heavy (non-hydrogen) atoms. The lowest BCUT2D eigenvalue weighted by Crippen LogP contribution is -2.09. The molecule has 0 aliphatic carbocycles. The molecule has 0 spiro atoms. The van der Waals surface area contributed by atoms with Crippen LogP contribution in [-0.2, 0) is 0 Å². The molecule has 0 aromatic heterocycles. The van der Waals surface area contributed by atoms with Crippen molar-refractivity contribution < 1.29 is 9.66 Å². The molecule has 5 heteroatoms. The van der Waals surface area contributed by atoms with Crippen molar-refractivity contribution in [2.24, 2.45) is 5.92 Å². The number of rotatable bonds is 8. The second-order valence-corrected chi connectivity index (χ2v) is 5.01. The average molecular weight is 312 g/mol. The summed E-state index contributed by atoms with van der Waals surface area (Å²) in [6.07, 6.45) is 8.19. The molecule has 5 nitrogen and oxygen atoms in total. The molecule has 0 aliphatic rings. The molecule has 1 rings (SSSR count). The lowest BCUT2D eigenvalue weighted by Gasteiger charge is -2.15. The van der Waals surface area contributed by atoms with E-state index in [0.717, 1.165) is 12.0 Å². The SMILES string of the molecule is C=C/C=C\C=C(\COc1cc(C#N)ccc1[N+](=O)[O-])C(C)CC. The molecule has 0 saturated carbocycles. The Hall–Kier alpha value is -2.87. The highest BCUT2D eigenvalue weighted by Crippen LogP contribution is 2.29. The molecule has 1 aromatic carbocycles. The van der Waals surface area contributed by atoms with E-state index in [1.54, 1.807) is 12.2 Å². The van der Waals surface area contributed by atoms with E-state index < -0.39 is 4.92 Å². The van der Waals surface area contributed by atoms with Gasteiger partial charge in [-0.2, -0.15) is 5.26 Å². The maximum absolute atomic E-state index is 11.1. The molecule has 0 fully saturated rings. The van der Waals surface area contributed by atoms with Crippen LogP contribution in [0.15, 0.2) is 54.7 Å². The largest absolute Gasteiger partial charge is 0.482 e. The number of nitrogens with zero attached hydrogens (tertiary/aromatic N) is 2. The molecule has 1 atom stereocenters. The zero-order valence-corrected chi connectivity index (χ0v) is 13.4. The minimum atomic E-state index is -0.513. The Morgan fingerprint density at radius 1 is 1.52 bits per heavy atom. The summed E-state index contributed by atoms with van der Waals surface area (Å²) in [5.74, 6) is 0.388. The van der Waals surface area contributed by atoms with Gasteiger partial charge >= 0.3 is 5.69 Å². The van der Waals surface area contributed by atoms with Crippen LogP contribution in [0.25, 0.3) is 0 Å². The molecule has 1 aromatic rings. The van der Waals surface area contributed by atoms with Crippen molar-refractivity contribution in [3.8, 4) is 11.8 Å². The highest BCUT2D eigenvalue weighted by atomic mass is 16.6. The van der Waals surface area contributed by atoms with E-state index in [1.165, 1.54) is 18.2 Å². The second-order valence-electron chi connectivity index (χ2n) is 5.01. The Morgan fingerprint density at radius 2 is 2.26 bits per heavy atom. The fraction of sp³-hybridized carbons (Fsp3) is 0.278. The average Bonchev–Trinajstić information content (AvgIpc) is 2.56. The molecule has 0 heterocycles. The maximum atomic E-state index is 11.1. The molecule has 0 amide bonds. The summed E-state index contributed by atoms with van der Waals surface area (Å²) >= 11 is 0. The van der Waals surface area contributed by atoms with Gasteiger partial charge in [-0.05, 0) is 24.0 Å². The highest BCUT2D eigenvalue weighted by molar-refractivity contribution is 5.51. The standard InChI is InChI=1S/C18H20N2O3/c1-4-6-7-8-16(14(3)5-2)13-23-18-11-15(12-19)9-10-17(18)20(21)22/h4,6-11,14H,1,5,13H2,2-3H3/b7-6-,16-8-. The lowest BCUT2D eigenvalue weighted by atomic mass is 9.98. The molecule has 0 saturated heterocycles. The molecular weight excluding hydrogens is 292 g/mol. The second kappa shape index (κ2) is 9.21. The fourth-order valence-corrected chi connectivity index (χ4v) is 1.89. The summed E-state index contributed by atoms with van der Waals surface area (Å²) in [7, 11) is 0. The molecule has 0 aliphatic heterocycles. The van der Waals surface area contributed by atoms with Crippen LogP contribution in [0.1, 0.15) is 25.8 Å². The van der Waals surface area contributed by atoms with Gasteiger partial charge in [0.1, 0.15) is 6.61 Å². The van der Waals surface area contributed by atoms with Gasteiger partial charge in [-0.25, -0.2) is 0 Å². The summed E-state index contributed by atoms with van der Waals surface area (Å²) in [6.45, 7) is 7.97. The normalized spacial score (nSPS) is 12.7. The summed E-state index contributed by atoms with van der Waals surface area (Å²) in [6, 6.07) is 6.05. The Balaban J connectivity index is 3.03. The van der Waals surface area contributed by atoms with Crippen LogP contribution in [0.2, 0.25) is 0 Å². The predicted octanol–water partition coefficient (Wildman–Crippen LogP) is 4.56. The van der Waals surface area contributed by atoms with Gasteiger partial charge in [0.2, 0.25) is 0 Å². The minimum absolute atomic E-state index is 0.107. The van der Waals surface area contributed by atoms with E-state index in [0.29, 0.717) is 5.56 Å². The van der Waals surface area contributed by atoms with E-state index in [-0.39, 0.29) is 24.0 Å². The lowest BCUT2D eigenvalue weighted by molar-refractivity contribution is -0.385. The Morgan fingerprint density at radius 3 is 2.83 bits per heavy atom. The van der Waals surface area contributed by atoms with Crippen molar-refractivity contribution in [3.05, 3.63) is 70.3 Å². The number of nitro groups is 1. The van der Waals surface area contributed by atoms with Gasteiger partial charge in [0.15, 0.2) is 5.75 Å². The van der Waals surface area contributed by atoms with Crippen molar-refractivity contribution in [2.45, 2.75) is 20.3 Å². The molecule has 1 unspecified atom stereocenters. The van der Waals surface area contributed by atoms with E-state index in [9.17, 15) is 10.1 Å². The quantitative estimate of drug-likeness (QED) is 0.400. The highest BCUT2D eigenvalue weighted by Gasteiger charge is 2.17. The van der Waals surface area contributed by atoms with Gasteiger partial charge < -0.3 is 4.74 Å². The van der Waals surface area contributed by atoms with Gasteiger partial charge in [0, 0.05) is 12.1 Å². The Labute approximate surface area is 136 Å². The van der Waals surface area contributed by atoms with Gasteiger partial charge in [-0.1, -0.05) is 44.7 Å². The van der Waals surface area contributed by atoms with Crippen LogP contribution in [0.3, 0.4) is 0 Å². The van der Waals surface area contributed by atoms with Gasteiger partial charge in [0.25, 0.3) is 0 Å². The van der Waals surface area contributed by atoms with Crippen molar-refractivity contribution in [2.75, 3.05) is 6.61 Å². The molecule has 0 bridgehead atoms. The molecule has 120 valence electrons. The smallest absolute Gasteiger partial charge is 0.311 e. The topological polar surface area (TPSA) is 76.2 Å². The third-order valence-corrected chi connectivity index (χ3v) is 3.48. The van der Waals surface area contributed by atoms with E-state index in [1.807, 2.05) is 18.2 Å². The summed E-state index contributed by atoms with van der Waals surface area (Å²) in [5.41, 5.74) is 1.20. The number of hydrogen-bond donors (Lipinski definition) is 0. The molecule has 0 radical (unpaired) electrons. The van der Waals surface area contributed by atoms with Crippen molar-refractivity contribution in [3.63, 3.8) is 0 Å². The monoisotopic (exact) mass is 312 g/mol. The summed E-state index contributed by atoms with van der Waals surface area (Å²) in [4.78, 5) is 10.6. The first-order chi connectivity index (χ1) is 11.0. The van der Waals surface area contributed by atoms with E-state index in [2.05, 4.69) is 20.4 Å². The number of benzene rings is 1. The third-order valence-electron chi connectivity index (χ3n) is 3.48.